The van der Waals surface area contributed by atoms with Crippen LogP contribution in [0.2, 0.25) is 0 Å². The minimum atomic E-state index is 0. The van der Waals surface area contributed by atoms with E-state index in [9.17, 15) is 5.11 Å². The Balaban J connectivity index is 0.000000960. The van der Waals surface area contributed by atoms with E-state index in [1.807, 2.05) is 0 Å². The summed E-state index contributed by atoms with van der Waals surface area (Å²) in [7, 11) is 0. The fourth-order valence-electron chi connectivity index (χ4n) is 3.75. The summed E-state index contributed by atoms with van der Waals surface area (Å²) in [5, 5.41) is 10.0. The van der Waals surface area contributed by atoms with Gasteiger partial charge in [-0.3, -0.25) is 0 Å². The van der Waals surface area contributed by atoms with Gasteiger partial charge in [0.1, 0.15) is 0 Å². The summed E-state index contributed by atoms with van der Waals surface area (Å²) >= 11 is 0. The Morgan fingerprint density at radius 3 is 1.58 bits per heavy atom. The Kier molecular flexibility index (Phi) is 8.16. The third-order valence-electron chi connectivity index (χ3n) is 4.81. The van der Waals surface area contributed by atoms with Crippen molar-refractivity contribution in [1.82, 2.24) is 0 Å². The fraction of sp³-hybridized carbons (Fsp3) is 0.200. The predicted octanol–water partition coefficient (Wildman–Crippen LogP) is -1.78. The Bertz CT molecular complexity index is 680. The molecule has 0 bridgehead atoms. The maximum atomic E-state index is 10.0. The van der Waals surface area contributed by atoms with Crippen LogP contribution in [0.25, 0.3) is 12.2 Å². The molecular weight excluding hydrogens is 418 g/mol. The molecule has 122 valence electrons. The van der Waals surface area contributed by atoms with Crippen LogP contribution >= 0.6 is 0 Å². The zero-order valence-corrected chi connectivity index (χ0v) is 17.0. The molecule has 0 spiro atoms. The number of halogens is 2. The number of hydrogen-bond donors (Lipinski definition) is 1. The predicted molar refractivity (Wildman–Crippen MR) is 87.0 cm³/mol. The first kappa shape index (κ1) is 21.4. The average Bonchev–Trinajstić information content (AvgIpc) is 3.14. The van der Waals surface area contributed by atoms with Crippen LogP contribution in [0.1, 0.15) is 34.1 Å². The number of aliphatic hydroxyl groups is 1. The maximum absolute atomic E-state index is 10.0. The summed E-state index contributed by atoms with van der Waals surface area (Å²) < 4.78 is 0. The number of rotatable bonds is 3. The number of fused-ring (bicyclic) bond motifs is 2. The second-order valence-corrected chi connectivity index (χ2v) is 5.87. The summed E-state index contributed by atoms with van der Waals surface area (Å²) in [5.41, 5.74) is 5.26. The second-order valence-electron chi connectivity index (χ2n) is 5.87. The Morgan fingerprint density at radius 2 is 1.17 bits per heavy atom. The molecule has 0 saturated heterocycles. The van der Waals surface area contributed by atoms with Gasteiger partial charge in [0.25, 0.3) is 0 Å². The third-order valence-corrected chi connectivity index (χ3v) is 4.81. The van der Waals surface area contributed by atoms with E-state index >= 15 is 0 Å². The van der Waals surface area contributed by atoms with E-state index < -0.39 is 0 Å². The van der Waals surface area contributed by atoms with Gasteiger partial charge in [0.05, 0.1) is 0 Å². The number of hydrogen-bond acceptors (Lipinski definition) is 1. The molecule has 0 aromatic heterocycles. The van der Waals surface area contributed by atoms with Crippen molar-refractivity contribution < 1.29 is 56.1 Å². The molecule has 2 aromatic rings. The second kappa shape index (κ2) is 9.15. The van der Waals surface area contributed by atoms with E-state index in [1.165, 1.54) is 22.3 Å². The smallest absolute Gasteiger partial charge is 1.00 e. The van der Waals surface area contributed by atoms with Crippen molar-refractivity contribution in [3.63, 3.8) is 0 Å². The van der Waals surface area contributed by atoms with Crippen molar-refractivity contribution >= 4 is 12.2 Å². The summed E-state index contributed by atoms with van der Waals surface area (Å²) in [6, 6.07) is 17.0. The van der Waals surface area contributed by atoms with Gasteiger partial charge in [0.15, 0.2) is 0 Å². The first-order valence-corrected chi connectivity index (χ1v) is 7.53. The SMILES string of the molecule is OCC(C1C=Cc2ccccc21)C1C=Cc2ccccc21.[Cl-].[Cl-].[Zr+2]. The summed E-state index contributed by atoms with van der Waals surface area (Å²) in [4.78, 5) is 0. The first-order valence-electron chi connectivity index (χ1n) is 7.53. The minimum Gasteiger partial charge on any atom is -1.00 e. The monoisotopic (exact) mass is 434 g/mol. The summed E-state index contributed by atoms with van der Waals surface area (Å²) in [5.74, 6) is 0.795. The molecule has 2 unspecified atom stereocenters. The van der Waals surface area contributed by atoms with Gasteiger partial charge in [-0.25, -0.2) is 0 Å². The molecule has 0 heterocycles. The Hall–Kier alpha value is -0.657. The maximum Gasteiger partial charge on any atom is 2.00 e. The topological polar surface area (TPSA) is 20.2 Å². The van der Waals surface area contributed by atoms with E-state index in [-0.39, 0.29) is 63.5 Å². The van der Waals surface area contributed by atoms with Gasteiger partial charge in [-0.05, 0) is 22.3 Å². The van der Waals surface area contributed by atoms with Crippen molar-refractivity contribution in [3.05, 3.63) is 82.9 Å². The van der Waals surface area contributed by atoms with Crippen LogP contribution in [-0.2, 0) is 26.2 Å². The van der Waals surface area contributed by atoms with Crippen LogP contribution in [0.3, 0.4) is 0 Å². The molecule has 0 saturated carbocycles. The standard InChI is InChI=1S/C20H18O.2ClH.Zr/c21-13-20(18-11-9-14-5-1-3-7-16(14)18)19-12-10-15-6-2-4-8-17(15)19;;;/h1-12,18-21H,13H2;2*1H;/q;;;+2/p-2. The van der Waals surface area contributed by atoms with Gasteiger partial charge in [-0.2, -0.15) is 0 Å². The van der Waals surface area contributed by atoms with Crippen LogP contribution in [0.4, 0.5) is 0 Å². The van der Waals surface area contributed by atoms with Crippen LogP contribution in [0, 0.1) is 5.92 Å². The average molecular weight is 436 g/mol. The zero-order chi connectivity index (χ0) is 14.2. The van der Waals surface area contributed by atoms with E-state index in [2.05, 4.69) is 72.8 Å². The summed E-state index contributed by atoms with van der Waals surface area (Å²) in [6.45, 7) is 0.201. The van der Waals surface area contributed by atoms with E-state index in [4.69, 9.17) is 0 Å². The van der Waals surface area contributed by atoms with Crippen molar-refractivity contribution in [2.45, 2.75) is 11.8 Å². The minimum absolute atomic E-state index is 0. The molecule has 4 rings (SSSR count). The van der Waals surface area contributed by atoms with Gasteiger partial charge in [0.2, 0.25) is 0 Å². The first-order chi connectivity index (χ1) is 10.4. The molecule has 2 aliphatic carbocycles. The van der Waals surface area contributed by atoms with Gasteiger partial charge >= 0.3 is 26.2 Å². The van der Waals surface area contributed by atoms with Crippen molar-refractivity contribution in [2.24, 2.45) is 5.92 Å². The van der Waals surface area contributed by atoms with Crippen molar-refractivity contribution in [2.75, 3.05) is 6.61 Å². The number of benzene rings is 2. The molecule has 24 heavy (non-hydrogen) atoms. The van der Waals surface area contributed by atoms with Gasteiger partial charge in [-0.15, -0.1) is 0 Å². The third kappa shape index (κ3) is 3.63. The van der Waals surface area contributed by atoms with E-state index in [0.29, 0.717) is 11.8 Å². The molecule has 0 amide bonds. The van der Waals surface area contributed by atoms with E-state index in [0.717, 1.165) is 0 Å². The Morgan fingerprint density at radius 1 is 0.750 bits per heavy atom. The van der Waals surface area contributed by atoms with Crippen LogP contribution < -0.4 is 24.8 Å². The molecule has 0 fully saturated rings. The van der Waals surface area contributed by atoms with Gasteiger partial charge in [0, 0.05) is 24.4 Å². The zero-order valence-electron chi connectivity index (χ0n) is 13.1. The number of aliphatic hydroxyl groups excluding tert-OH is 1. The Labute approximate surface area is 174 Å². The fourth-order valence-corrected chi connectivity index (χ4v) is 3.75. The quantitative estimate of drug-likeness (QED) is 0.604. The molecule has 0 aliphatic heterocycles. The van der Waals surface area contributed by atoms with Crippen LogP contribution in [0.15, 0.2) is 60.7 Å². The largest absolute Gasteiger partial charge is 2.00 e. The molecule has 1 nitrogen and oxygen atoms in total. The van der Waals surface area contributed by atoms with Crippen molar-refractivity contribution in [3.8, 4) is 0 Å². The molecule has 4 heteroatoms. The molecule has 2 atom stereocenters. The van der Waals surface area contributed by atoms with E-state index in [1.54, 1.807) is 0 Å². The molecular formula is C20H18Cl2OZr. The van der Waals surface area contributed by atoms with Crippen molar-refractivity contribution in [1.29, 1.82) is 0 Å². The van der Waals surface area contributed by atoms with Gasteiger partial charge in [-0.1, -0.05) is 72.8 Å². The van der Waals surface area contributed by atoms with Crippen LogP contribution in [-0.4, -0.2) is 11.7 Å². The number of allylic oxidation sites excluding steroid dienone is 2. The summed E-state index contributed by atoms with van der Waals surface area (Å²) in [6.07, 6.45) is 8.88. The molecule has 0 radical (unpaired) electrons. The normalized spacial score (nSPS) is 20.2. The van der Waals surface area contributed by atoms with Crippen LogP contribution in [0.5, 0.6) is 0 Å². The molecule has 2 aliphatic rings. The van der Waals surface area contributed by atoms with Gasteiger partial charge < -0.3 is 29.9 Å². The molecule has 1 N–H and O–H groups in total. The molecule has 2 aromatic carbocycles.